The minimum atomic E-state index is -1.64. The van der Waals surface area contributed by atoms with Crippen molar-refractivity contribution in [2.75, 3.05) is 0 Å². The maximum absolute atomic E-state index is 13.2. The molecule has 90 valence electrons. The van der Waals surface area contributed by atoms with Crippen LogP contribution in [0, 0.1) is 17.5 Å². The van der Waals surface area contributed by atoms with Crippen LogP contribution in [-0.2, 0) is 0 Å². The normalized spacial score (nSPS) is 14.9. The van der Waals surface area contributed by atoms with Gasteiger partial charge in [-0.1, -0.05) is 19.4 Å². The molecule has 0 saturated carbocycles. The smallest absolute Gasteiger partial charge is 0.194 e. The van der Waals surface area contributed by atoms with Crippen LogP contribution in [0.3, 0.4) is 0 Å². The lowest BCUT2D eigenvalue weighted by atomic mass is 10.0. The maximum Gasteiger partial charge on any atom is 0.194 e. The maximum atomic E-state index is 13.2. The Morgan fingerprint density at radius 2 is 1.75 bits per heavy atom. The molecule has 0 aliphatic carbocycles. The Bertz CT molecular complexity index is 368. The Labute approximate surface area is 91.3 Å². The number of aliphatic hydroxyl groups excluding tert-OH is 2. The molecule has 2 N–H and O–H groups in total. The summed E-state index contributed by atoms with van der Waals surface area (Å²) in [6.07, 6.45) is -1.90. The van der Waals surface area contributed by atoms with Crippen molar-refractivity contribution in [3.8, 4) is 0 Å². The van der Waals surface area contributed by atoms with Crippen molar-refractivity contribution < 1.29 is 23.4 Å². The highest BCUT2D eigenvalue weighted by Gasteiger charge is 2.24. The van der Waals surface area contributed by atoms with Crippen molar-refractivity contribution in [1.29, 1.82) is 0 Å². The third kappa shape index (κ3) is 2.54. The molecule has 0 spiro atoms. The lowest BCUT2D eigenvalue weighted by Crippen LogP contribution is -2.19. The summed E-state index contributed by atoms with van der Waals surface area (Å²) in [6, 6.07) is 1.65. The van der Waals surface area contributed by atoms with Crippen LogP contribution in [0.25, 0.3) is 0 Å². The van der Waals surface area contributed by atoms with Crippen LogP contribution in [0.4, 0.5) is 13.2 Å². The van der Waals surface area contributed by atoms with Crippen LogP contribution in [0.15, 0.2) is 12.1 Å². The van der Waals surface area contributed by atoms with Crippen LogP contribution >= 0.6 is 0 Å². The van der Waals surface area contributed by atoms with Gasteiger partial charge in [0.05, 0.1) is 6.10 Å². The molecule has 0 radical (unpaired) electrons. The van der Waals surface area contributed by atoms with Crippen LogP contribution in [0.2, 0.25) is 0 Å². The first-order valence-electron chi connectivity index (χ1n) is 4.98. The monoisotopic (exact) mass is 234 g/mol. The van der Waals surface area contributed by atoms with Crippen molar-refractivity contribution >= 4 is 0 Å². The fraction of sp³-hybridized carbons (Fsp3) is 0.455. The van der Waals surface area contributed by atoms with Gasteiger partial charge in [-0.2, -0.15) is 0 Å². The van der Waals surface area contributed by atoms with E-state index in [1.807, 2.05) is 0 Å². The fourth-order valence-corrected chi connectivity index (χ4v) is 1.43. The summed E-state index contributed by atoms with van der Waals surface area (Å²) in [5.41, 5.74) is -0.431. The highest BCUT2D eigenvalue weighted by Crippen LogP contribution is 2.25. The van der Waals surface area contributed by atoms with Crippen LogP contribution in [-0.4, -0.2) is 16.3 Å². The van der Waals surface area contributed by atoms with E-state index < -0.39 is 35.2 Å². The zero-order valence-electron chi connectivity index (χ0n) is 8.75. The highest BCUT2D eigenvalue weighted by atomic mass is 19.2. The van der Waals surface area contributed by atoms with Gasteiger partial charge in [0, 0.05) is 5.56 Å². The Morgan fingerprint density at radius 3 is 2.31 bits per heavy atom. The highest BCUT2D eigenvalue weighted by molar-refractivity contribution is 5.23. The lowest BCUT2D eigenvalue weighted by Gasteiger charge is -2.18. The SMILES string of the molecule is CCCC(O)C(O)c1ccc(F)c(F)c1F. The first kappa shape index (κ1) is 13.0. The Kier molecular flexibility index (Phi) is 4.32. The second kappa shape index (κ2) is 5.32. The van der Waals surface area contributed by atoms with Gasteiger partial charge < -0.3 is 10.2 Å². The second-order valence-corrected chi connectivity index (χ2v) is 3.57. The minimum Gasteiger partial charge on any atom is -0.390 e. The summed E-state index contributed by atoms with van der Waals surface area (Å²) in [6.45, 7) is 1.78. The summed E-state index contributed by atoms with van der Waals surface area (Å²) in [7, 11) is 0. The van der Waals surface area contributed by atoms with Gasteiger partial charge in [0.1, 0.15) is 6.10 Å². The third-order valence-electron chi connectivity index (χ3n) is 2.33. The van der Waals surface area contributed by atoms with Crippen LogP contribution in [0.5, 0.6) is 0 Å². The molecule has 16 heavy (non-hydrogen) atoms. The number of aliphatic hydroxyl groups is 2. The summed E-state index contributed by atoms with van der Waals surface area (Å²) in [4.78, 5) is 0. The van der Waals surface area contributed by atoms with Crippen LogP contribution in [0.1, 0.15) is 31.4 Å². The standard InChI is InChI=1S/C11H13F3O2/c1-2-3-8(15)11(16)6-4-5-7(12)10(14)9(6)13/h4-5,8,11,15-16H,2-3H2,1H3. The fourth-order valence-electron chi connectivity index (χ4n) is 1.43. The van der Waals surface area contributed by atoms with E-state index >= 15 is 0 Å². The zero-order valence-corrected chi connectivity index (χ0v) is 8.75. The Balaban J connectivity index is 3.00. The summed E-state index contributed by atoms with van der Waals surface area (Å²) in [5, 5.41) is 19.0. The van der Waals surface area contributed by atoms with Gasteiger partial charge in [0.25, 0.3) is 0 Å². The molecule has 0 saturated heterocycles. The van der Waals surface area contributed by atoms with E-state index in [1.165, 1.54) is 0 Å². The zero-order chi connectivity index (χ0) is 12.3. The molecule has 1 aromatic rings. The van der Waals surface area contributed by atoms with Gasteiger partial charge in [-0.25, -0.2) is 13.2 Å². The molecule has 1 aromatic carbocycles. The van der Waals surface area contributed by atoms with Crippen molar-refractivity contribution in [3.63, 3.8) is 0 Å². The summed E-state index contributed by atoms with van der Waals surface area (Å²) < 4.78 is 38.7. The topological polar surface area (TPSA) is 40.5 Å². The van der Waals surface area contributed by atoms with E-state index in [1.54, 1.807) is 6.92 Å². The minimum absolute atomic E-state index is 0.250. The molecule has 0 aliphatic heterocycles. The molecule has 0 aliphatic rings. The molecule has 1 rings (SSSR count). The Hall–Kier alpha value is -1.07. The molecular formula is C11H13F3O2. The molecule has 0 bridgehead atoms. The average molecular weight is 234 g/mol. The van der Waals surface area contributed by atoms with Crippen molar-refractivity contribution in [1.82, 2.24) is 0 Å². The van der Waals surface area contributed by atoms with E-state index in [-0.39, 0.29) is 6.42 Å². The van der Waals surface area contributed by atoms with Crippen LogP contribution < -0.4 is 0 Å². The summed E-state index contributed by atoms with van der Waals surface area (Å²) >= 11 is 0. The largest absolute Gasteiger partial charge is 0.390 e. The molecule has 2 atom stereocenters. The number of benzene rings is 1. The predicted octanol–water partition coefficient (Wildman–Crippen LogP) is 2.30. The average Bonchev–Trinajstić information content (AvgIpc) is 2.26. The molecule has 0 fully saturated rings. The number of hydrogen-bond acceptors (Lipinski definition) is 2. The first-order chi connectivity index (χ1) is 7.49. The molecule has 0 amide bonds. The quantitative estimate of drug-likeness (QED) is 0.785. The van der Waals surface area contributed by atoms with Gasteiger partial charge in [-0.15, -0.1) is 0 Å². The van der Waals surface area contributed by atoms with E-state index in [2.05, 4.69) is 0 Å². The number of halogens is 3. The van der Waals surface area contributed by atoms with E-state index in [0.717, 1.165) is 12.1 Å². The number of hydrogen-bond donors (Lipinski definition) is 2. The van der Waals surface area contributed by atoms with Gasteiger partial charge >= 0.3 is 0 Å². The van der Waals surface area contributed by atoms with Gasteiger partial charge in [0.2, 0.25) is 0 Å². The van der Waals surface area contributed by atoms with Crippen molar-refractivity contribution in [3.05, 3.63) is 35.1 Å². The molecule has 2 unspecified atom stereocenters. The summed E-state index contributed by atoms with van der Waals surface area (Å²) in [5.74, 6) is -4.42. The second-order valence-electron chi connectivity index (χ2n) is 3.57. The molecule has 0 heterocycles. The molecule has 5 heteroatoms. The van der Waals surface area contributed by atoms with E-state index in [9.17, 15) is 23.4 Å². The van der Waals surface area contributed by atoms with Crippen molar-refractivity contribution in [2.24, 2.45) is 0 Å². The van der Waals surface area contributed by atoms with Gasteiger partial charge in [-0.3, -0.25) is 0 Å². The lowest BCUT2D eigenvalue weighted by molar-refractivity contribution is 0.0106. The van der Waals surface area contributed by atoms with E-state index in [0.29, 0.717) is 6.42 Å². The van der Waals surface area contributed by atoms with Gasteiger partial charge in [-0.05, 0) is 12.5 Å². The predicted molar refractivity (Wildman–Crippen MR) is 52.2 cm³/mol. The van der Waals surface area contributed by atoms with Gasteiger partial charge in [0.15, 0.2) is 17.5 Å². The first-order valence-corrected chi connectivity index (χ1v) is 4.98. The number of rotatable bonds is 4. The Morgan fingerprint density at radius 1 is 1.12 bits per heavy atom. The van der Waals surface area contributed by atoms with E-state index in [4.69, 9.17) is 0 Å². The molecule has 0 aromatic heterocycles. The molecular weight excluding hydrogens is 221 g/mol. The molecule has 2 nitrogen and oxygen atoms in total. The van der Waals surface area contributed by atoms with Crippen molar-refractivity contribution in [2.45, 2.75) is 32.0 Å². The third-order valence-corrected chi connectivity index (χ3v) is 2.33.